The van der Waals surface area contributed by atoms with Crippen LogP contribution in [0.5, 0.6) is 0 Å². The van der Waals surface area contributed by atoms with Gasteiger partial charge in [-0.3, -0.25) is 0 Å². The molecule has 1 aliphatic heterocycles. The van der Waals surface area contributed by atoms with E-state index in [1.54, 1.807) is 0 Å². The number of fused-ring (bicyclic) bond motifs is 1. The highest BCUT2D eigenvalue weighted by molar-refractivity contribution is 7.99. The van der Waals surface area contributed by atoms with E-state index in [1.165, 1.54) is 21.9 Å². The van der Waals surface area contributed by atoms with E-state index in [2.05, 4.69) is 42.3 Å². The number of nitrogens with one attached hydrogen (secondary N) is 1. The van der Waals surface area contributed by atoms with Crippen molar-refractivity contribution >= 4 is 17.4 Å². The van der Waals surface area contributed by atoms with E-state index in [9.17, 15) is 0 Å². The average molecular weight is 236 g/mol. The molecule has 0 bridgehead atoms. The molecule has 1 aliphatic rings. The first-order valence-corrected chi connectivity index (χ1v) is 6.85. The van der Waals surface area contributed by atoms with Crippen LogP contribution in [0, 0.1) is 6.92 Å². The van der Waals surface area contributed by atoms with Crippen LogP contribution in [-0.2, 0) is 0 Å². The fraction of sp³-hybridized carbons (Fsp3) is 0.538. The minimum Gasteiger partial charge on any atom is -0.366 e. The summed E-state index contributed by atoms with van der Waals surface area (Å²) in [7, 11) is 2.01. The third kappa shape index (κ3) is 2.36. The number of anilines is 1. The van der Waals surface area contributed by atoms with Crippen LogP contribution < -0.4 is 10.2 Å². The second-order valence-electron chi connectivity index (χ2n) is 4.43. The summed E-state index contributed by atoms with van der Waals surface area (Å²) < 4.78 is 0. The SMILES string of the molecule is CNCCN1c2ccc(C)cc2SCC1C. The Kier molecular flexibility index (Phi) is 3.77. The van der Waals surface area contributed by atoms with Crippen molar-refractivity contribution in [1.82, 2.24) is 5.32 Å². The molecule has 0 amide bonds. The van der Waals surface area contributed by atoms with Crippen molar-refractivity contribution < 1.29 is 0 Å². The minimum atomic E-state index is 0.633. The van der Waals surface area contributed by atoms with Gasteiger partial charge in [0.05, 0.1) is 5.69 Å². The summed E-state index contributed by atoms with van der Waals surface area (Å²) in [5, 5.41) is 3.23. The second-order valence-corrected chi connectivity index (χ2v) is 5.49. The summed E-state index contributed by atoms with van der Waals surface area (Å²) >= 11 is 1.99. The Balaban J connectivity index is 2.25. The van der Waals surface area contributed by atoms with Crippen molar-refractivity contribution in [2.45, 2.75) is 24.8 Å². The Labute approximate surface area is 102 Å². The van der Waals surface area contributed by atoms with E-state index in [0.29, 0.717) is 6.04 Å². The fourth-order valence-corrected chi connectivity index (χ4v) is 3.29. The second kappa shape index (κ2) is 5.11. The Morgan fingerprint density at radius 2 is 2.31 bits per heavy atom. The highest BCUT2D eigenvalue weighted by atomic mass is 32.2. The van der Waals surface area contributed by atoms with Gasteiger partial charge in [-0.15, -0.1) is 11.8 Å². The maximum Gasteiger partial charge on any atom is 0.0507 e. The molecule has 1 atom stereocenters. The van der Waals surface area contributed by atoms with Crippen LogP contribution in [-0.4, -0.2) is 31.9 Å². The van der Waals surface area contributed by atoms with Gasteiger partial charge in [-0.05, 0) is 38.6 Å². The molecule has 0 aromatic heterocycles. The molecule has 88 valence electrons. The van der Waals surface area contributed by atoms with Gasteiger partial charge in [0.25, 0.3) is 0 Å². The molecular formula is C13H20N2S. The van der Waals surface area contributed by atoms with Crippen LogP contribution in [0.1, 0.15) is 12.5 Å². The van der Waals surface area contributed by atoms with Gasteiger partial charge >= 0.3 is 0 Å². The van der Waals surface area contributed by atoms with Crippen molar-refractivity contribution in [3.8, 4) is 0 Å². The van der Waals surface area contributed by atoms with Crippen LogP contribution >= 0.6 is 11.8 Å². The molecule has 0 aliphatic carbocycles. The molecule has 2 rings (SSSR count). The first kappa shape index (κ1) is 11.8. The molecule has 3 heteroatoms. The van der Waals surface area contributed by atoms with E-state index in [1.807, 2.05) is 18.8 Å². The first-order valence-electron chi connectivity index (χ1n) is 5.87. The molecule has 1 N–H and O–H groups in total. The smallest absolute Gasteiger partial charge is 0.0507 e. The Bertz CT molecular complexity index is 365. The summed E-state index contributed by atoms with van der Waals surface area (Å²) in [4.78, 5) is 3.95. The Morgan fingerprint density at radius 1 is 1.50 bits per heavy atom. The Hall–Kier alpha value is -0.670. The number of likely N-dealkylation sites (N-methyl/N-ethyl adjacent to an activating group) is 1. The highest BCUT2D eigenvalue weighted by Crippen LogP contribution is 2.37. The standard InChI is InChI=1S/C13H20N2S/c1-10-4-5-12-13(8-10)16-9-11(2)15(12)7-6-14-3/h4-5,8,11,14H,6-7,9H2,1-3H3. The van der Waals surface area contributed by atoms with Crippen LogP contribution in [0.25, 0.3) is 0 Å². The third-order valence-corrected chi connectivity index (χ3v) is 4.33. The molecule has 1 heterocycles. The van der Waals surface area contributed by atoms with E-state index in [0.717, 1.165) is 13.1 Å². The van der Waals surface area contributed by atoms with Gasteiger partial charge in [0, 0.05) is 29.8 Å². The summed E-state index contributed by atoms with van der Waals surface area (Å²) in [6.07, 6.45) is 0. The number of aryl methyl sites for hydroxylation is 1. The molecule has 0 spiro atoms. The molecule has 0 radical (unpaired) electrons. The lowest BCUT2D eigenvalue weighted by atomic mass is 10.2. The molecule has 0 saturated carbocycles. The number of rotatable bonds is 3. The predicted molar refractivity (Wildman–Crippen MR) is 72.6 cm³/mol. The van der Waals surface area contributed by atoms with Gasteiger partial charge in [0.2, 0.25) is 0 Å². The lowest BCUT2D eigenvalue weighted by Gasteiger charge is -2.36. The van der Waals surface area contributed by atoms with Gasteiger partial charge < -0.3 is 10.2 Å². The number of benzene rings is 1. The number of hydrogen-bond acceptors (Lipinski definition) is 3. The summed E-state index contributed by atoms with van der Waals surface area (Å²) in [6, 6.07) is 7.42. The van der Waals surface area contributed by atoms with Crippen LogP contribution in [0.4, 0.5) is 5.69 Å². The maximum absolute atomic E-state index is 3.23. The topological polar surface area (TPSA) is 15.3 Å². The van der Waals surface area contributed by atoms with Crippen molar-refractivity contribution in [1.29, 1.82) is 0 Å². The predicted octanol–water partition coefficient (Wildman–Crippen LogP) is 2.52. The molecular weight excluding hydrogens is 216 g/mol. The minimum absolute atomic E-state index is 0.633. The van der Waals surface area contributed by atoms with Crippen molar-refractivity contribution in [3.05, 3.63) is 23.8 Å². The fourth-order valence-electron chi connectivity index (χ4n) is 2.09. The lowest BCUT2D eigenvalue weighted by Crippen LogP contribution is -2.41. The first-order chi connectivity index (χ1) is 7.72. The van der Waals surface area contributed by atoms with Gasteiger partial charge in [-0.25, -0.2) is 0 Å². The molecule has 16 heavy (non-hydrogen) atoms. The van der Waals surface area contributed by atoms with E-state index >= 15 is 0 Å². The zero-order chi connectivity index (χ0) is 11.5. The molecule has 1 unspecified atom stereocenters. The summed E-state index contributed by atoms with van der Waals surface area (Å²) in [6.45, 7) is 6.61. The largest absolute Gasteiger partial charge is 0.366 e. The molecule has 1 aromatic carbocycles. The molecule has 2 nitrogen and oxygen atoms in total. The molecule has 1 aromatic rings. The van der Waals surface area contributed by atoms with Crippen molar-refractivity contribution in [2.75, 3.05) is 30.8 Å². The number of hydrogen-bond donors (Lipinski definition) is 1. The van der Waals surface area contributed by atoms with Crippen LogP contribution in [0.15, 0.2) is 23.1 Å². The van der Waals surface area contributed by atoms with Gasteiger partial charge in [0.15, 0.2) is 0 Å². The van der Waals surface area contributed by atoms with Gasteiger partial charge in [-0.1, -0.05) is 6.07 Å². The maximum atomic E-state index is 3.23. The zero-order valence-electron chi connectivity index (χ0n) is 10.3. The summed E-state index contributed by atoms with van der Waals surface area (Å²) in [5.41, 5.74) is 2.76. The monoisotopic (exact) mass is 236 g/mol. The third-order valence-electron chi connectivity index (χ3n) is 3.04. The van der Waals surface area contributed by atoms with Crippen molar-refractivity contribution in [3.63, 3.8) is 0 Å². The normalized spacial score (nSPS) is 19.7. The van der Waals surface area contributed by atoms with Gasteiger partial charge in [0.1, 0.15) is 0 Å². The summed E-state index contributed by atoms with van der Waals surface area (Å²) in [5.74, 6) is 1.19. The van der Waals surface area contributed by atoms with Crippen LogP contribution in [0.2, 0.25) is 0 Å². The van der Waals surface area contributed by atoms with Crippen LogP contribution in [0.3, 0.4) is 0 Å². The van der Waals surface area contributed by atoms with E-state index in [4.69, 9.17) is 0 Å². The average Bonchev–Trinajstić information content (AvgIpc) is 2.28. The van der Waals surface area contributed by atoms with E-state index in [-0.39, 0.29) is 0 Å². The number of thioether (sulfide) groups is 1. The molecule has 0 fully saturated rings. The van der Waals surface area contributed by atoms with Gasteiger partial charge in [-0.2, -0.15) is 0 Å². The molecule has 0 saturated heterocycles. The van der Waals surface area contributed by atoms with Crippen molar-refractivity contribution in [2.24, 2.45) is 0 Å². The lowest BCUT2D eigenvalue weighted by molar-refractivity contribution is 0.648. The quantitative estimate of drug-likeness (QED) is 0.868. The Morgan fingerprint density at radius 3 is 3.06 bits per heavy atom. The van der Waals surface area contributed by atoms with E-state index < -0.39 is 0 Å². The number of nitrogens with zero attached hydrogens (tertiary/aromatic N) is 1. The highest BCUT2D eigenvalue weighted by Gasteiger charge is 2.22. The zero-order valence-corrected chi connectivity index (χ0v) is 11.1.